The van der Waals surface area contributed by atoms with E-state index in [2.05, 4.69) is 5.32 Å². The van der Waals surface area contributed by atoms with E-state index in [1.54, 1.807) is 0 Å². The van der Waals surface area contributed by atoms with Gasteiger partial charge in [0, 0.05) is 12.6 Å². The largest absolute Gasteiger partial charge is 0.396 e. The van der Waals surface area contributed by atoms with Gasteiger partial charge in [-0.3, -0.25) is 4.79 Å². The first-order chi connectivity index (χ1) is 8.72. The Morgan fingerprint density at radius 1 is 1.39 bits per heavy atom. The molecular weight excluding hydrogens is 226 g/mol. The lowest BCUT2D eigenvalue weighted by Crippen LogP contribution is -2.37. The van der Waals surface area contributed by atoms with Crippen molar-refractivity contribution < 1.29 is 9.90 Å². The Morgan fingerprint density at radius 3 is 2.61 bits per heavy atom. The molecule has 3 heteroatoms. The fraction of sp³-hybridized carbons (Fsp3) is 0.533. The molecule has 2 atom stereocenters. The van der Waals surface area contributed by atoms with Gasteiger partial charge in [0.15, 0.2) is 0 Å². The molecule has 1 aromatic carbocycles. The minimum absolute atomic E-state index is 0.0210. The summed E-state index contributed by atoms with van der Waals surface area (Å²) in [6, 6.07) is 10.0. The first-order valence-corrected chi connectivity index (χ1v) is 6.68. The topological polar surface area (TPSA) is 49.3 Å². The number of aliphatic hydroxyl groups excluding tert-OH is 1. The Balaban J connectivity index is 2.04. The summed E-state index contributed by atoms with van der Waals surface area (Å²) in [5.74, 6) is 0.575. The molecule has 0 spiro atoms. The molecular formula is C15H21NO2. The van der Waals surface area contributed by atoms with E-state index in [9.17, 15) is 4.79 Å². The molecule has 0 aliphatic heterocycles. The summed E-state index contributed by atoms with van der Waals surface area (Å²) < 4.78 is 0. The van der Waals surface area contributed by atoms with E-state index in [4.69, 9.17) is 5.11 Å². The van der Waals surface area contributed by atoms with Gasteiger partial charge < -0.3 is 10.4 Å². The van der Waals surface area contributed by atoms with Crippen LogP contribution in [0.15, 0.2) is 30.3 Å². The van der Waals surface area contributed by atoms with E-state index in [0.29, 0.717) is 12.3 Å². The summed E-state index contributed by atoms with van der Waals surface area (Å²) in [7, 11) is 0. The van der Waals surface area contributed by atoms with Gasteiger partial charge in [-0.05, 0) is 37.7 Å². The lowest BCUT2D eigenvalue weighted by Gasteiger charge is -2.20. The molecule has 2 rings (SSSR count). The zero-order valence-corrected chi connectivity index (χ0v) is 10.8. The minimum atomic E-state index is -0.0210. The number of aliphatic hydroxyl groups is 1. The number of carbonyl (C=O) groups is 1. The van der Waals surface area contributed by atoms with Crippen LogP contribution in [0.2, 0.25) is 0 Å². The number of benzene rings is 1. The zero-order chi connectivity index (χ0) is 13.0. The van der Waals surface area contributed by atoms with Gasteiger partial charge in [0.25, 0.3) is 0 Å². The molecule has 0 bridgehead atoms. The lowest BCUT2D eigenvalue weighted by atomic mass is 9.93. The maximum absolute atomic E-state index is 12.3. The van der Waals surface area contributed by atoms with Crippen molar-refractivity contribution >= 4 is 5.91 Å². The predicted octanol–water partition coefficient (Wildman–Crippen LogP) is 2.07. The molecule has 0 saturated heterocycles. The van der Waals surface area contributed by atoms with Gasteiger partial charge >= 0.3 is 0 Å². The van der Waals surface area contributed by atoms with Gasteiger partial charge in [0.1, 0.15) is 0 Å². The maximum atomic E-state index is 12.3. The number of hydrogen-bond donors (Lipinski definition) is 2. The summed E-state index contributed by atoms with van der Waals surface area (Å²) in [6.07, 6.45) is 2.89. The Bertz CT molecular complexity index is 387. The maximum Gasteiger partial charge on any atom is 0.228 e. The molecule has 3 nitrogen and oxygen atoms in total. The van der Waals surface area contributed by atoms with Gasteiger partial charge in [-0.1, -0.05) is 30.3 Å². The molecule has 1 fully saturated rings. The molecule has 2 unspecified atom stereocenters. The monoisotopic (exact) mass is 247 g/mol. The third-order valence-corrected chi connectivity index (χ3v) is 3.49. The quantitative estimate of drug-likeness (QED) is 0.808. The molecule has 1 amide bonds. The van der Waals surface area contributed by atoms with Crippen LogP contribution in [0, 0.1) is 5.92 Å². The standard InChI is InChI=1S/C15H21NO2/c1-11(9-10-17)16-15(18)14(13-7-8-13)12-5-3-2-4-6-12/h2-6,11,13-14,17H,7-10H2,1H3,(H,16,18). The molecule has 2 N–H and O–H groups in total. The molecule has 18 heavy (non-hydrogen) atoms. The van der Waals surface area contributed by atoms with Crippen molar-refractivity contribution in [2.45, 2.75) is 38.1 Å². The van der Waals surface area contributed by atoms with Gasteiger partial charge in [-0.2, -0.15) is 0 Å². The zero-order valence-electron chi connectivity index (χ0n) is 10.8. The van der Waals surface area contributed by atoms with Crippen molar-refractivity contribution in [2.24, 2.45) is 5.92 Å². The van der Waals surface area contributed by atoms with Crippen LogP contribution < -0.4 is 5.32 Å². The molecule has 1 aliphatic carbocycles. The second-order valence-corrected chi connectivity index (χ2v) is 5.15. The van der Waals surface area contributed by atoms with Crippen molar-refractivity contribution in [3.8, 4) is 0 Å². The first kappa shape index (κ1) is 13.1. The third-order valence-electron chi connectivity index (χ3n) is 3.49. The average molecular weight is 247 g/mol. The van der Waals surface area contributed by atoms with Gasteiger partial charge in [0.2, 0.25) is 5.91 Å². The summed E-state index contributed by atoms with van der Waals surface area (Å²) in [4.78, 5) is 12.3. The van der Waals surface area contributed by atoms with Crippen molar-refractivity contribution in [3.05, 3.63) is 35.9 Å². The van der Waals surface area contributed by atoms with E-state index >= 15 is 0 Å². The predicted molar refractivity (Wildman–Crippen MR) is 71.2 cm³/mol. The van der Waals surface area contributed by atoms with E-state index in [-0.39, 0.29) is 24.5 Å². The van der Waals surface area contributed by atoms with Crippen molar-refractivity contribution in [1.82, 2.24) is 5.32 Å². The van der Waals surface area contributed by atoms with E-state index < -0.39 is 0 Å². The molecule has 0 aromatic heterocycles. The fourth-order valence-corrected chi connectivity index (χ4v) is 2.33. The van der Waals surface area contributed by atoms with Gasteiger partial charge in [-0.15, -0.1) is 0 Å². The third kappa shape index (κ3) is 3.33. The average Bonchev–Trinajstić information content (AvgIpc) is 3.15. The van der Waals surface area contributed by atoms with Crippen molar-refractivity contribution in [1.29, 1.82) is 0 Å². The summed E-state index contributed by atoms with van der Waals surface area (Å²) in [5.41, 5.74) is 1.11. The Morgan fingerprint density at radius 2 is 2.06 bits per heavy atom. The van der Waals surface area contributed by atoms with Crippen LogP contribution in [0.5, 0.6) is 0 Å². The highest BCUT2D eigenvalue weighted by atomic mass is 16.3. The second-order valence-electron chi connectivity index (χ2n) is 5.15. The summed E-state index contributed by atoms with van der Waals surface area (Å²) >= 11 is 0. The Labute approximate surface area is 108 Å². The summed E-state index contributed by atoms with van der Waals surface area (Å²) in [6.45, 7) is 2.05. The second kappa shape index (κ2) is 6.01. The molecule has 1 saturated carbocycles. The fourth-order valence-electron chi connectivity index (χ4n) is 2.33. The summed E-state index contributed by atoms with van der Waals surface area (Å²) in [5, 5.41) is 11.9. The number of rotatable bonds is 6. The normalized spacial score (nSPS) is 18.1. The molecule has 0 radical (unpaired) electrons. The molecule has 0 heterocycles. The van der Waals surface area contributed by atoms with E-state index in [0.717, 1.165) is 18.4 Å². The van der Waals surface area contributed by atoms with Gasteiger partial charge in [-0.25, -0.2) is 0 Å². The number of carbonyl (C=O) groups excluding carboxylic acids is 1. The van der Waals surface area contributed by atoms with E-state index in [1.165, 1.54) is 0 Å². The number of amides is 1. The minimum Gasteiger partial charge on any atom is -0.396 e. The highest BCUT2D eigenvalue weighted by Crippen LogP contribution is 2.42. The lowest BCUT2D eigenvalue weighted by molar-refractivity contribution is -0.123. The molecule has 1 aromatic rings. The van der Waals surface area contributed by atoms with Crippen LogP contribution in [0.4, 0.5) is 0 Å². The first-order valence-electron chi connectivity index (χ1n) is 6.68. The van der Waals surface area contributed by atoms with Crippen LogP contribution in [-0.4, -0.2) is 23.7 Å². The van der Waals surface area contributed by atoms with Crippen LogP contribution in [-0.2, 0) is 4.79 Å². The van der Waals surface area contributed by atoms with Gasteiger partial charge in [0.05, 0.1) is 5.92 Å². The van der Waals surface area contributed by atoms with Crippen LogP contribution >= 0.6 is 0 Å². The van der Waals surface area contributed by atoms with Crippen molar-refractivity contribution in [3.63, 3.8) is 0 Å². The van der Waals surface area contributed by atoms with Crippen molar-refractivity contribution in [2.75, 3.05) is 6.61 Å². The Hall–Kier alpha value is -1.35. The van der Waals surface area contributed by atoms with E-state index in [1.807, 2.05) is 37.3 Å². The highest BCUT2D eigenvalue weighted by Gasteiger charge is 2.37. The SMILES string of the molecule is CC(CCO)NC(=O)C(c1ccccc1)C1CC1. The highest BCUT2D eigenvalue weighted by molar-refractivity contribution is 5.84. The Kier molecular flexibility index (Phi) is 4.37. The smallest absolute Gasteiger partial charge is 0.228 e. The number of nitrogens with one attached hydrogen (secondary N) is 1. The van der Waals surface area contributed by atoms with Crippen LogP contribution in [0.3, 0.4) is 0 Å². The number of hydrogen-bond acceptors (Lipinski definition) is 2. The van der Waals surface area contributed by atoms with Crippen LogP contribution in [0.25, 0.3) is 0 Å². The molecule has 98 valence electrons. The van der Waals surface area contributed by atoms with Crippen LogP contribution in [0.1, 0.15) is 37.7 Å². The molecule has 1 aliphatic rings.